The van der Waals surface area contributed by atoms with Crippen LogP contribution in [0.5, 0.6) is 0 Å². The zero-order chi connectivity index (χ0) is 16.8. The fraction of sp³-hybridized carbons (Fsp3) is 0.375. The molecule has 1 atom stereocenters. The molecule has 8 heteroatoms. The number of dihydropyridines is 1. The lowest BCUT2D eigenvalue weighted by molar-refractivity contribution is -0.124. The molecule has 1 aromatic heterocycles. The summed E-state index contributed by atoms with van der Waals surface area (Å²) >= 11 is 1.44. The maximum absolute atomic E-state index is 12.6. The van der Waals surface area contributed by atoms with Crippen molar-refractivity contribution in [3.63, 3.8) is 0 Å². The molecule has 0 fully saturated rings. The van der Waals surface area contributed by atoms with Gasteiger partial charge in [-0.2, -0.15) is 10.1 Å². The molecule has 1 aromatic rings. The minimum Gasteiger partial charge on any atom is -0.492 e. The fourth-order valence-electron chi connectivity index (χ4n) is 3.11. The van der Waals surface area contributed by atoms with E-state index in [1.807, 2.05) is 0 Å². The van der Waals surface area contributed by atoms with Crippen LogP contribution in [-0.2, 0) is 14.3 Å². The van der Waals surface area contributed by atoms with Crippen molar-refractivity contribution in [1.82, 2.24) is 15.1 Å². The average Bonchev–Trinajstić information content (AvgIpc) is 3.15. The van der Waals surface area contributed by atoms with Crippen LogP contribution in [0.3, 0.4) is 0 Å². The summed E-state index contributed by atoms with van der Waals surface area (Å²) in [7, 11) is 1.65. The number of likely N-dealkylation sites (N-methyl/N-ethyl adjacent to an activating group) is 1. The van der Waals surface area contributed by atoms with E-state index in [0.29, 0.717) is 12.4 Å². The molecule has 24 heavy (non-hydrogen) atoms. The average molecular weight is 344 g/mol. The Bertz CT molecular complexity index is 822. The lowest BCUT2D eigenvalue weighted by Crippen LogP contribution is -2.38. The van der Waals surface area contributed by atoms with Gasteiger partial charge in [0.2, 0.25) is 5.91 Å². The second-order valence-electron chi connectivity index (χ2n) is 5.84. The van der Waals surface area contributed by atoms with Gasteiger partial charge in [-0.3, -0.25) is 19.6 Å². The highest BCUT2D eigenvalue weighted by molar-refractivity contribution is 8.10. The van der Waals surface area contributed by atoms with Crippen molar-refractivity contribution in [2.45, 2.75) is 25.0 Å². The van der Waals surface area contributed by atoms with E-state index in [1.165, 1.54) is 23.6 Å². The van der Waals surface area contributed by atoms with Gasteiger partial charge in [-0.15, -0.1) is 11.8 Å². The first-order chi connectivity index (χ1) is 11.6. The Hall–Kier alpha value is -2.35. The van der Waals surface area contributed by atoms with Crippen molar-refractivity contribution in [2.75, 3.05) is 13.7 Å². The van der Waals surface area contributed by atoms with Gasteiger partial charge in [0.25, 0.3) is 5.91 Å². The number of carbonyl (C=O) groups is 2. The summed E-state index contributed by atoms with van der Waals surface area (Å²) in [6.45, 7) is 2.04. The van der Waals surface area contributed by atoms with Crippen molar-refractivity contribution >= 4 is 34.3 Å². The number of carbonyl (C=O) groups excluding carboxylic acids is 2. The predicted octanol–water partition coefficient (Wildman–Crippen LogP) is 1.72. The third-order valence-corrected chi connectivity index (χ3v) is 5.68. The smallest absolute Gasteiger partial charge is 0.265 e. The number of amides is 2. The molecule has 0 radical (unpaired) electrons. The number of aromatic nitrogens is 2. The number of rotatable bonds is 1. The molecular weight excluding hydrogens is 328 g/mol. The second-order valence-corrected chi connectivity index (χ2v) is 6.95. The van der Waals surface area contributed by atoms with Crippen molar-refractivity contribution in [3.05, 3.63) is 34.9 Å². The van der Waals surface area contributed by atoms with Gasteiger partial charge in [-0.05, 0) is 12.8 Å². The molecule has 1 N–H and O–H groups in total. The Kier molecular flexibility index (Phi) is 3.56. The first-order valence-electron chi connectivity index (χ1n) is 7.71. The molecule has 2 amide bonds. The van der Waals surface area contributed by atoms with Crippen molar-refractivity contribution in [3.8, 4) is 0 Å². The molecule has 4 rings (SSSR count). The van der Waals surface area contributed by atoms with Gasteiger partial charge in [0.05, 0.1) is 17.7 Å². The van der Waals surface area contributed by atoms with Crippen LogP contribution in [0.15, 0.2) is 34.3 Å². The van der Waals surface area contributed by atoms with E-state index >= 15 is 0 Å². The van der Waals surface area contributed by atoms with Crippen LogP contribution < -0.4 is 0 Å². The van der Waals surface area contributed by atoms with Crippen LogP contribution >= 0.6 is 11.8 Å². The Balaban J connectivity index is 1.90. The topological polar surface area (TPSA) is 87.7 Å². The van der Waals surface area contributed by atoms with Gasteiger partial charge in [0, 0.05) is 36.9 Å². The van der Waals surface area contributed by atoms with Crippen LogP contribution in [0.25, 0.3) is 4.91 Å². The quantitative estimate of drug-likeness (QED) is 0.838. The van der Waals surface area contributed by atoms with E-state index in [4.69, 9.17) is 4.74 Å². The summed E-state index contributed by atoms with van der Waals surface area (Å²) in [5.74, 6) is 0.792. The van der Waals surface area contributed by atoms with E-state index < -0.39 is 5.25 Å². The van der Waals surface area contributed by atoms with Gasteiger partial charge in [0.15, 0.2) is 0 Å². The number of ether oxygens (including phenoxy) is 1. The summed E-state index contributed by atoms with van der Waals surface area (Å²) in [6, 6.07) is 0. The lowest BCUT2D eigenvalue weighted by Gasteiger charge is -2.26. The third kappa shape index (κ3) is 2.21. The molecule has 0 spiro atoms. The predicted molar refractivity (Wildman–Crippen MR) is 90.0 cm³/mol. The van der Waals surface area contributed by atoms with Crippen molar-refractivity contribution < 1.29 is 14.3 Å². The van der Waals surface area contributed by atoms with Gasteiger partial charge in [0.1, 0.15) is 16.8 Å². The summed E-state index contributed by atoms with van der Waals surface area (Å²) in [4.78, 5) is 30.9. The Morgan fingerprint density at radius 2 is 2.33 bits per heavy atom. The number of H-pyrrole nitrogens is 1. The summed E-state index contributed by atoms with van der Waals surface area (Å²) < 4.78 is 5.99. The van der Waals surface area contributed by atoms with Crippen LogP contribution in [-0.4, -0.2) is 51.7 Å². The normalized spacial score (nSPS) is 22.8. The van der Waals surface area contributed by atoms with Crippen LogP contribution in [0.2, 0.25) is 0 Å². The molecule has 0 saturated carbocycles. The molecule has 4 heterocycles. The van der Waals surface area contributed by atoms with E-state index in [9.17, 15) is 9.59 Å². The monoisotopic (exact) mass is 344 g/mol. The van der Waals surface area contributed by atoms with Gasteiger partial charge in [-0.1, -0.05) is 0 Å². The van der Waals surface area contributed by atoms with E-state index in [2.05, 4.69) is 15.2 Å². The number of hydrogen-bond acceptors (Lipinski definition) is 5. The Morgan fingerprint density at radius 3 is 3.04 bits per heavy atom. The molecule has 3 aliphatic rings. The van der Waals surface area contributed by atoms with E-state index in [-0.39, 0.29) is 11.8 Å². The zero-order valence-corrected chi connectivity index (χ0v) is 14.1. The summed E-state index contributed by atoms with van der Waals surface area (Å²) in [6.07, 6.45) is 5.06. The van der Waals surface area contributed by atoms with Gasteiger partial charge >= 0.3 is 0 Å². The first-order valence-corrected chi connectivity index (χ1v) is 8.59. The summed E-state index contributed by atoms with van der Waals surface area (Å²) in [5, 5.41) is 6.38. The first kappa shape index (κ1) is 15.2. The lowest BCUT2D eigenvalue weighted by atomic mass is 9.95. The van der Waals surface area contributed by atoms with E-state index in [0.717, 1.165) is 40.2 Å². The number of aromatic amines is 1. The zero-order valence-electron chi connectivity index (χ0n) is 13.3. The summed E-state index contributed by atoms with van der Waals surface area (Å²) in [5.41, 5.74) is 2.71. The highest BCUT2D eigenvalue weighted by atomic mass is 32.2. The van der Waals surface area contributed by atoms with Gasteiger partial charge in [-0.25, -0.2) is 0 Å². The number of nitrogens with one attached hydrogen (secondary N) is 1. The maximum atomic E-state index is 12.6. The Labute approximate surface area is 142 Å². The number of amidine groups is 1. The van der Waals surface area contributed by atoms with Crippen LogP contribution in [0.1, 0.15) is 25.3 Å². The van der Waals surface area contributed by atoms with Gasteiger partial charge < -0.3 is 4.74 Å². The maximum Gasteiger partial charge on any atom is 0.265 e. The molecule has 3 aliphatic heterocycles. The van der Waals surface area contributed by atoms with E-state index in [1.54, 1.807) is 19.4 Å². The highest BCUT2D eigenvalue weighted by Crippen LogP contribution is 2.51. The Morgan fingerprint density at radius 1 is 1.50 bits per heavy atom. The molecule has 7 nitrogen and oxygen atoms in total. The molecular formula is C16H16N4O3S. The standard InChI is InChI=1S/C16H16N4O3S/c1-8(21)20(2)15-10-4-3-5-23-12-11(10)14(16(22)19-15)24-13(12)9-6-17-18-7-9/h6-7,14H,3-5H2,1-2H3,(H,17,18). The molecule has 0 saturated heterocycles. The number of nitrogens with zero attached hydrogens (tertiary/aromatic N) is 3. The molecule has 124 valence electrons. The van der Waals surface area contributed by atoms with Crippen LogP contribution in [0.4, 0.5) is 0 Å². The minimum atomic E-state index is -0.401. The number of thioether (sulfide) groups is 1. The largest absolute Gasteiger partial charge is 0.492 e. The van der Waals surface area contributed by atoms with Crippen LogP contribution in [0, 0.1) is 0 Å². The molecule has 1 unspecified atom stereocenters. The van der Waals surface area contributed by atoms with Crippen molar-refractivity contribution in [2.24, 2.45) is 4.99 Å². The SMILES string of the molecule is CC(=O)N(C)C1=NC(=O)C2SC(c3cn[nH]c3)=C3OCCCC1=C32. The highest BCUT2D eigenvalue weighted by Gasteiger charge is 2.44. The number of aliphatic imine (C=N–C) groups is 1. The molecule has 0 aliphatic carbocycles. The fourth-order valence-corrected chi connectivity index (χ4v) is 4.39. The second kappa shape index (κ2) is 5.62. The number of allylic oxidation sites excluding steroid dienone is 1. The van der Waals surface area contributed by atoms with Crippen molar-refractivity contribution in [1.29, 1.82) is 0 Å². The number of hydrogen-bond donors (Lipinski definition) is 1. The minimum absolute atomic E-state index is 0.149. The third-order valence-electron chi connectivity index (χ3n) is 4.35. The molecule has 0 aromatic carbocycles. The molecule has 0 bridgehead atoms.